The van der Waals surface area contributed by atoms with Crippen LogP contribution in [-0.4, -0.2) is 4.98 Å². The molecule has 0 spiro atoms. The normalized spacial score (nSPS) is 11.8. The third-order valence-corrected chi connectivity index (χ3v) is 3.56. The molecular formula is C17H12F3NO. The number of benzene rings is 2. The molecule has 112 valence electrons. The molecule has 0 bridgehead atoms. The van der Waals surface area contributed by atoms with Crippen LogP contribution in [0.2, 0.25) is 0 Å². The SMILES string of the molecule is Cc1ccc(-c2cc3c(C(F)(F)F)cccc3c(=O)[nH]2)cc1. The van der Waals surface area contributed by atoms with Gasteiger partial charge >= 0.3 is 6.18 Å². The third kappa shape index (κ3) is 2.50. The van der Waals surface area contributed by atoms with Crippen molar-refractivity contribution in [3.8, 4) is 11.3 Å². The molecule has 0 amide bonds. The summed E-state index contributed by atoms with van der Waals surface area (Å²) in [5, 5.41) is -0.0555. The zero-order valence-electron chi connectivity index (χ0n) is 11.7. The van der Waals surface area contributed by atoms with Crippen molar-refractivity contribution in [2.75, 3.05) is 0 Å². The van der Waals surface area contributed by atoms with Gasteiger partial charge in [0.25, 0.3) is 5.56 Å². The summed E-state index contributed by atoms with van der Waals surface area (Å²) in [7, 11) is 0. The van der Waals surface area contributed by atoms with E-state index in [1.54, 1.807) is 12.1 Å². The molecular weight excluding hydrogens is 291 g/mol. The Hall–Kier alpha value is -2.56. The molecule has 2 aromatic carbocycles. The van der Waals surface area contributed by atoms with Crippen LogP contribution in [0.1, 0.15) is 11.1 Å². The molecule has 1 N–H and O–H groups in total. The molecule has 3 aromatic rings. The van der Waals surface area contributed by atoms with Gasteiger partial charge in [0.1, 0.15) is 0 Å². The van der Waals surface area contributed by atoms with Crippen LogP contribution >= 0.6 is 0 Å². The highest BCUT2D eigenvalue weighted by molar-refractivity contribution is 5.88. The number of rotatable bonds is 1. The molecule has 0 atom stereocenters. The molecule has 3 rings (SSSR count). The topological polar surface area (TPSA) is 32.9 Å². The first-order valence-corrected chi connectivity index (χ1v) is 6.66. The lowest BCUT2D eigenvalue weighted by atomic mass is 10.0. The van der Waals surface area contributed by atoms with Gasteiger partial charge in [0.15, 0.2) is 0 Å². The Kier molecular flexibility index (Phi) is 3.28. The van der Waals surface area contributed by atoms with Gasteiger partial charge in [0, 0.05) is 16.5 Å². The monoisotopic (exact) mass is 303 g/mol. The Morgan fingerprint density at radius 2 is 1.64 bits per heavy atom. The van der Waals surface area contributed by atoms with Crippen LogP contribution in [0.5, 0.6) is 0 Å². The number of aromatic nitrogens is 1. The second-order valence-electron chi connectivity index (χ2n) is 5.14. The highest BCUT2D eigenvalue weighted by Gasteiger charge is 2.32. The first kappa shape index (κ1) is 14.4. The van der Waals surface area contributed by atoms with E-state index in [4.69, 9.17) is 0 Å². The average molecular weight is 303 g/mol. The van der Waals surface area contributed by atoms with Crippen LogP contribution in [0.4, 0.5) is 13.2 Å². The maximum absolute atomic E-state index is 13.1. The second-order valence-corrected chi connectivity index (χ2v) is 5.14. The van der Waals surface area contributed by atoms with E-state index in [9.17, 15) is 18.0 Å². The Morgan fingerprint density at radius 1 is 0.955 bits per heavy atom. The van der Waals surface area contributed by atoms with Gasteiger partial charge in [-0.2, -0.15) is 13.2 Å². The van der Waals surface area contributed by atoms with E-state index >= 15 is 0 Å². The fourth-order valence-electron chi connectivity index (χ4n) is 2.42. The van der Waals surface area contributed by atoms with Gasteiger partial charge in [-0.05, 0) is 30.7 Å². The van der Waals surface area contributed by atoms with Crippen LogP contribution in [0.3, 0.4) is 0 Å². The fourth-order valence-corrected chi connectivity index (χ4v) is 2.42. The summed E-state index contributed by atoms with van der Waals surface area (Å²) in [6.45, 7) is 1.91. The summed E-state index contributed by atoms with van der Waals surface area (Å²) in [5.41, 5.74) is 0.738. The van der Waals surface area contributed by atoms with E-state index in [1.165, 1.54) is 18.2 Å². The van der Waals surface area contributed by atoms with Crippen LogP contribution in [0.25, 0.3) is 22.0 Å². The predicted molar refractivity (Wildman–Crippen MR) is 79.7 cm³/mol. The van der Waals surface area contributed by atoms with Crippen LogP contribution < -0.4 is 5.56 Å². The molecule has 0 unspecified atom stereocenters. The first-order valence-electron chi connectivity index (χ1n) is 6.66. The number of fused-ring (bicyclic) bond motifs is 1. The average Bonchev–Trinajstić information content (AvgIpc) is 2.46. The highest BCUT2D eigenvalue weighted by atomic mass is 19.4. The molecule has 0 saturated heterocycles. The van der Waals surface area contributed by atoms with Gasteiger partial charge in [-0.25, -0.2) is 0 Å². The van der Waals surface area contributed by atoms with E-state index in [-0.39, 0.29) is 10.8 Å². The molecule has 0 aliphatic heterocycles. The van der Waals surface area contributed by atoms with Gasteiger partial charge < -0.3 is 4.98 Å². The van der Waals surface area contributed by atoms with Crippen molar-refractivity contribution in [3.63, 3.8) is 0 Å². The Morgan fingerprint density at radius 3 is 2.27 bits per heavy atom. The van der Waals surface area contributed by atoms with E-state index in [0.717, 1.165) is 11.6 Å². The van der Waals surface area contributed by atoms with Crippen molar-refractivity contribution < 1.29 is 13.2 Å². The predicted octanol–water partition coefficient (Wildman–Crippen LogP) is 4.52. The number of halogens is 3. The lowest BCUT2D eigenvalue weighted by molar-refractivity contribution is -0.136. The Balaban J connectivity index is 2.31. The number of aryl methyl sites for hydroxylation is 1. The number of nitrogens with one attached hydrogen (secondary N) is 1. The quantitative estimate of drug-likeness (QED) is 0.704. The molecule has 1 heterocycles. The number of aromatic amines is 1. The summed E-state index contributed by atoms with van der Waals surface area (Å²) in [5.74, 6) is 0. The van der Waals surface area contributed by atoms with Crippen LogP contribution in [0.15, 0.2) is 53.3 Å². The zero-order valence-corrected chi connectivity index (χ0v) is 11.7. The number of alkyl halides is 3. The summed E-state index contributed by atoms with van der Waals surface area (Å²) in [4.78, 5) is 14.7. The Bertz CT molecular complexity index is 892. The lowest BCUT2D eigenvalue weighted by Gasteiger charge is -2.11. The molecule has 22 heavy (non-hydrogen) atoms. The van der Waals surface area contributed by atoms with Gasteiger partial charge in [-0.15, -0.1) is 0 Å². The molecule has 0 fully saturated rings. The maximum Gasteiger partial charge on any atom is 0.417 e. The van der Waals surface area contributed by atoms with E-state index in [0.29, 0.717) is 11.3 Å². The molecule has 0 radical (unpaired) electrons. The van der Waals surface area contributed by atoms with Gasteiger partial charge in [-0.1, -0.05) is 35.9 Å². The smallest absolute Gasteiger partial charge is 0.321 e. The Labute approximate surface area is 124 Å². The van der Waals surface area contributed by atoms with E-state index in [2.05, 4.69) is 4.98 Å². The van der Waals surface area contributed by atoms with Crippen molar-refractivity contribution in [1.29, 1.82) is 0 Å². The summed E-state index contributed by atoms with van der Waals surface area (Å²) < 4.78 is 39.4. The molecule has 0 aliphatic rings. The first-order chi connectivity index (χ1) is 10.4. The second kappa shape index (κ2) is 5.02. The van der Waals surface area contributed by atoms with E-state index in [1.807, 2.05) is 19.1 Å². The highest BCUT2D eigenvalue weighted by Crippen LogP contribution is 2.34. The molecule has 2 nitrogen and oxygen atoms in total. The van der Waals surface area contributed by atoms with Crippen molar-refractivity contribution in [2.24, 2.45) is 0 Å². The van der Waals surface area contributed by atoms with Gasteiger partial charge in [0.2, 0.25) is 0 Å². The van der Waals surface area contributed by atoms with Crippen molar-refractivity contribution >= 4 is 10.8 Å². The van der Waals surface area contributed by atoms with E-state index < -0.39 is 17.3 Å². The molecule has 1 aromatic heterocycles. The standard InChI is InChI=1S/C17H12F3NO/c1-10-5-7-11(8-6-10)15-9-13-12(16(22)21-15)3-2-4-14(13)17(18,19)20/h2-9H,1H3,(H,21,22). The number of pyridine rings is 1. The van der Waals surface area contributed by atoms with Crippen LogP contribution in [-0.2, 0) is 6.18 Å². The molecule has 0 aliphatic carbocycles. The third-order valence-electron chi connectivity index (χ3n) is 3.56. The zero-order chi connectivity index (χ0) is 15.9. The van der Waals surface area contributed by atoms with Crippen molar-refractivity contribution in [2.45, 2.75) is 13.1 Å². The minimum atomic E-state index is -4.50. The summed E-state index contributed by atoms with van der Waals surface area (Å²) >= 11 is 0. The summed E-state index contributed by atoms with van der Waals surface area (Å²) in [6.07, 6.45) is -4.50. The number of hydrogen-bond acceptors (Lipinski definition) is 1. The minimum absolute atomic E-state index is 0.0330. The van der Waals surface area contributed by atoms with Crippen LogP contribution in [0, 0.1) is 6.92 Å². The van der Waals surface area contributed by atoms with Crippen molar-refractivity contribution in [1.82, 2.24) is 4.98 Å². The van der Waals surface area contributed by atoms with Gasteiger partial charge in [-0.3, -0.25) is 4.79 Å². The maximum atomic E-state index is 13.1. The van der Waals surface area contributed by atoms with Gasteiger partial charge in [0.05, 0.1) is 5.56 Å². The summed E-state index contributed by atoms with van der Waals surface area (Å²) in [6, 6.07) is 12.2. The molecule has 0 saturated carbocycles. The number of hydrogen-bond donors (Lipinski definition) is 1. The number of H-pyrrole nitrogens is 1. The lowest BCUT2D eigenvalue weighted by Crippen LogP contribution is -2.12. The van der Waals surface area contributed by atoms with Crippen molar-refractivity contribution in [3.05, 3.63) is 70.0 Å². The largest absolute Gasteiger partial charge is 0.417 e. The minimum Gasteiger partial charge on any atom is -0.321 e. The molecule has 5 heteroatoms. The fraction of sp³-hybridized carbons (Fsp3) is 0.118.